The number of rotatable bonds is 4. The molecule has 0 unspecified atom stereocenters. The molecular formula is C18H24N6OS. The maximum atomic E-state index is 11.9. The minimum Gasteiger partial charge on any atom is -0.367 e. The average Bonchev–Trinajstić information content (AvgIpc) is 3.20. The van der Waals surface area contributed by atoms with Gasteiger partial charge in [-0.05, 0) is 30.4 Å². The number of thiophene rings is 1. The number of piperazine rings is 1. The van der Waals surface area contributed by atoms with E-state index in [1.165, 1.54) is 5.00 Å². The van der Waals surface area contributed by atoms with Crippen molar-refractivity contribution in [3.05, 3.63) is 29.9 Å². The predicted molar refractivity (Wildman–Crippen MR) is 105 cm³/mol. The zero-order valence-corrected chi connectivity index (χ0v) is 15.8. The summed E-state index contributed by atoms with van der Waals surface area (Å²) < 4.78 is 0. The molecule has 4 heterocycles. The minimum absolute atomic E-state index is 0.130. The number of hydrogen-bond acceptors (Lipinski definition) is 7. The molecule has 4 rings (SSSR count). The Balaban J connectivity index is 1.35. The molecule has 2 aromatic heterocycles. The highest BCUT2D eigenvalue weighted by Gasteiger charge is 2.23. The summed E-state index contributed by atoms with van der Waals surface area (Å²) in [5, 5.41) is 7.03. The first kappa shape index (κ1) is 17.1. The molecule has 2 saturated heterocycles. The van der Waals surface area contributed by atoms with Gasteiger partial charge in [0.25, 0.3) is 0 Å². The molecule has 138 valence electrons. The average molecular weight is 372 g/mol. The van der Waals surface area contributed by atoms with Gasteiger partial charge in [0, 0.05) is 45.3 Å². The van der Waals surface area contributed by atoms with Crippen molar-refractivity contribution >= 4 is 33.9 Å². The molecule has 0 saturated carbocycles. The molecule has 1 amide bonds. The lowest BCUT2D eigenvalue weighted by Gasteiger charge is -2.34. The molecule has 0 bridgehead atoms. The van der Waals surface area contributed by atoms with E-state index in [-0.39, 0.29) is 5.91 Å². The van der Waals surface area contributed by atoms with Gasteiger partial charge in [-0.25, -0.2) is 9.97 Å². The van der Waals surface area contributed by atoms with E-state index in [4.69, 9.17) is 0 Å². The van der Waals surface area contributed by atoms with Crippen LogP contribution in [0, 0.1) is 0 Å². The van der Waals surface area contributed by atoms with Crippen LogP contribution in [0.3, 0.4) is 0 Å². The van der Waals surface area contributed by atoms with Crippen LogP contribution < -0.4 is 15.1 Å². The number of carbonyl (C=O) groups excluding carboxylic acids is 1. The van der Waals surface area contributed by atoms with Gasteiger partial charge in [0.05, 0.1) is 11.5 Å². The lowest BCUT2D eigenvalue weighted by atomic mass is 10.1. The Bertz CT molecular complexity index is 744. The van der Waals surface area contributed by atoms with Gasteiger partial charge in [0.15, 0.2) is 0 Å². The van der Waals surface area contributed by atoms with Crippen LogP contribution in [0.4, 0.5) is 16.6 Å². The number of aromatic nitrogens is 2. The Hall–Kier alpha value is -2.35. The third-order valence-corrected chi connectivity index (χ3v) is 6.03. The fourth-order valence-corrected chi connectivity index (χ4v) is 4.24. The SMILES string of the molecule is CN1CCN(c2cc(NC3CCN(c4cccs4)CC3)ncn2)CC1=O. The molecule has 8 heteroatoms. The van der Waals surface area contributed by atoms with Crippen LogP contribution in [0.15, 0.2) is 29.9 Å². The molecule has 0 radical (unpaired) electrons. The summed E-state index contributed by atoms with van der Waals surface area (Å²) in [6, 6.07) is 6.68. The van der Waals surface area contributed by atoms with Crippen molar-refractivity contribution in [2.45, 2.75) is 18.9 Å². The molecule has 0 aliphatic carbocycles. The Morgan fingerprint density at radius 1 is 1.15 bits per heavy atom. The van der Waals surface area contributed by atoms with Gasteiger partial charge in [-0.2, -0.15) is 0 Å². The number of nitrogens with one attached hydrogen (secondary N) is 1. The summed E-state index contributed by atoms with van der Waals surface area (Å²) >= 11 is 1.80. The lowest BCUT2D eigenvalue weighted by molar-refractivity contribution is -0.129. The number of anilines is 3. The maximum absolute atomic E-state index is 11.9. The van der Waals surface area contributed by atoms with Gasteiger partial charge in [-0.3, -0.25) is 4.79 Å². The first-order chi connectivity index (χ1) is 12.7. The van der Waals surface area contributed by atoms with Crippen molar-refractivity contribution < 1.29 is 4.79 Å². The van der Waals surface area contributed by atoms with E-state index in [9.17, 15) is 4.79 Å². The van der Waals surface area contributed by atoms with Crippen molar-refractivity contribution in [3.8, 4) is 0 Å². The van der Waals surface area contributed by atoms with Crippen molar-refractivity contribution in [1.29, 1.82) is 0 Å². The van der Waals surface area contributed by atoms with E-state index < -0.39 is 0 Å². The van der Waals surface area contributed by atoms with Gasteiger partial charge < -0.3 is 20.0 Å². The monoisotopic (exact) mass is 372 g/mol. The second-order valence-electron chi connectivity index (χ2n) is 6.86. The van der Waals surface area contributed by atoms with Gasteiger partial charge in [-0.1, -0.05) is 0 Å². The van der Waals surface area contributed by atoms with Crippen LogP contribution in [0.25, 0.3) is 0 Å². The second kappa shape index (κ2) is 7.49. The first-order valence-electron chi connectivity index (χ1n) is 9.05. The Kier molecular flexibility index (Phi) is 4.92. The molecule has 2 fully saturated rings. The number of amides is 1. The Morgan fingerprint density at radius 3 is 2.73 bits per heavy atom. The van der Waals surface area contributed by atoms with Crippen molar-refractivity contribution in [1.82, 2.24) is 14.9 Å². The van der Waals surface area contributed by atoms with Crippen molar-refractivity contribution in [2.24, 2.45) is 0 Å². The molecule has 1 N–H and O–H groups in total. The van der Waals surface area contributed by atoms with E-state index >= 15 is 0 Å². The smallest absolute Gasteiger partial charge is 0.241 e. The fourth-order valence-electron chi connectivity index (χ4n) is 3.46. The number of likely N-dealkylation sites (N-methyl/N-ethyl adjacent to an activating group) is 1. The normalized spacial score (nSPS) is 19.1. The first-order valence-corrected chi connectivity index (χ1v) is 9.93. The van der Waals surface area contributed by atoms with Crippen LogP contribution in [0.2, 0.25) is 0 Å². The topological polar surface area (TPSA) is 64.6 Å². The van der Waals surface area contributed by atoms with E-state index in [2.05, 4.69) is 37.7 Å². The molecule has 0 aromatic carbocycles. The molecule has 0 spiro atoms. The van der Waals surface area contributed by atoms with Crippen LogP contribution in [0.1, 0.15) is 12.8 Å². The zero-order chi connectivity index (χ0) is 17.9. The lowest BCUT2D eigenvalue weighted by Crippen LogP contribution is -2.48. The minimum atomic E-state index is 0.130. The molecule has 2 aliphatic heterocycles. The summed E-state index contributed by atoms with van der Waals surface area (Å²) in [6.07, 6.45) is 3.76. The van der Waals surface area contributed by atoms with Crippen LogP contribution in [0.5, 0.6) is 0 Å². The summed E-state index contributed by atoms with van der Waals surface area (Å²) in [4.78, 5) is 26.9. The van der Waals surface area contributed by atoms with Crippen LogP contribution in [-0.4, -0.2) is 66.6 Å². The zero-order valence-electron chi connectivity index (χ0n) is 15.0. The molecule has 7 nitrogen and oxygen atoms in total. The molecule has 26 heavy (non-hydrogen) atoms. The summed E-state index contributed by atoms with van der Waals surface area (Å²) in [5.74, 6) is 1.79. The summed E-state index contributed by atoms with van der Waals surface area (Å²) in [5.41, 5.74) is 0. The quantitative estimate of drug-likeness (QED) is 0.884. The number of nitrogens with zero attached hydrogens (tertiary/aromatic N) is 5. The van der Waals surface area contributed by atoms with Crippen molar-refractivity contribution in [2.75, 3.05) is 54.9 Å². The molecule has 2 aromatic rings. The summed E-state index contributed by atoms with van der Waals surface area (Å²) in [7, 11) is 1.84. The Morgan fingerprint density at radius 2 is 2.00 bits per heavy atom. The van der Waals surface area contributed by atoms with Crippen molar-refractivity contribution in [3.63, 3.8) is 0 Å². The number of carbonyl (C=O) groups is 1. The van der Waals surface area contributed by atoms with Gasteiger partial charge in [0.1, 0.15) is 18.0 Å². The number of hydrogen-bond donors (Lipinski definition) is 1. The van der Waals surface area contributed by atoms with E-state index in [1.54, 1.807) is 22.6 Å². The maximum Gasteiger partial charge on any atom is 0.241 e. The van der Waals surface area contributed by atoms with E-state index in [1.807, 2.05) is 18.0 Å². The fraction of sp³-hybridized carbons (Fsp3) is 0.500. The van der Waals surface area contributed by atoms with E-state index in [0.717, 1.165) is 50.7 Å². The predicted octanol–water partition coefficient (Wildman–Crippen LogP) is 1.90. The van der Waals surface area contributed by atoms with Crippen LogP contribution in [-0.2, 0) is 4.79 Å². The number of piperidine rings is 1. The van der Waals surface area contributed by atoms with E-state index in [0.29, 0.717) is 12.6 Å². The molecule has 0 atom stereocenters. The van der Waals surface area contributed by atoms with Gasteiger partial charge in [0.2, 0.25) is 5.91 Å². The second-order valence-corrected chi connectivity index (χ2v) is 7.78. The standard InChI is InChI=1S/C18H24N6OS/c1-22-8-9-24(12-17(22)25)16-11-15(19-13-20-16)21-14-4-6-23(7-5-14)18-3-2-10-26-18/h2-3,10-11,13-14H,4-9,12H2,1H3,(H,19,20,21). The third kappa shape index (κ3) is 3.75. The largest absolute Gasteiger partial charge is 0.367 e. The molecule has 2 aliphatic rings. The highest BCUT2D eigenvalue weighted by atomic mass is 32.1. The highest BCUT2D eigenvalue weighted by molar-refractivity contribution is 7.14. The molecular weight excluding hydrogens is 348 g/mol. The third-order valence-electron chi connectivity index (χ3n) is 5.10. The highest BCUT2D eigenvalue weighted by Crippen LogP contribution is 2.26. The Labute approximate surface area is 157 Å². The van der Waals surface area contributed by atoms with Gasteiger partial charge in [-0.15, -0.1) is 11.3 Å². The van der Waals surface area contributed by atoms with Gasteiger partial charge >= 0.3 is 0 Å². The van der Waals surface area contributed by atoms with Crippen LogP contribution >= 0.6 is 11.3 Å². The summed E-state index contributed by atoms with van der Waals surface area (Å²) in [6.45, 7) is 4.03.